The number of ether oxygens (including phenoxy) is 2. The van der Waals surface area contributed by atoms with Crippen molar-refractivity contribution in [3.63, 3.8) is 0 Å². The number of hydrogen-bond acceptors (Lipinski definition) is 6. The molecule has 2 heterocycles. The van der Waals surface area contributed by atoms with Crippen molar-refractivity contribution in [2.24, 2.45) is 0 Å². The van der Waals surface area contributed by atoms with Gasteiger partial charge in [0.15, 0.2) is 16.6 Å². The zero-order valence-corrected chi connectivity index (χ0v) is 15.9. The molecule has 144 valence electrons. The van der Waals surface area contributed by atoms with E-state index in [0.29, 0.717) is 28.0 Å². The molecule has 0 bridgehead atoms. The number of nitrogens with zero attached hydrogens (tertiary/aromatic N) is 1. The van der Waals surface area contributed by atoms with Gasteiger partial charge in [-0.15, -0.1) is 0 Å². The van der Waals surface area contributed by atoms with Gasteiger partial charge >= 0.3 is 0 Å². The number of aromatic nitrogens is 1. The van der Waals surface area contributed by atoms with Crippen molar-refractivity contribution in [2.75, 3.05) is 18.2 Å². The van der Waals surface area contributed by atoms with Crippen LogP contribution in [0.4, 0.5) is 15.3 Å². The average Bonchev–Trinajstić information content (AvgIpc) is 3.05. The van der Waals surface area contributed by atoms with Crippen LogP contribution in [0.1, 0.15) is 28.3 Å². The molecule has 0 saturated carbocycles. The number of nitrogen functional groups attached to an aromatic ring is 1. The maximum absolute atomic E-state index is 13.5. The normalized spacial score (nSPS) is 15.6. The molecule has 0 unspecified atom stereocenters. The Morgan fingerprint density at radius 1 is 1.32 bits per heavy atom. The maximum Gasteiger partial charge on any atom is 0.226 e. The van der Waals surface area contributed by atoms with E-state index in [1.54, 1.807) is 25.3 Å². The molecular weight excluding hydrogens is 381 g/mol. The van der Waals surface area contributed by atoms with Gasteiger partial charge in [0.2, 0.25) is 5.91 Å². The second-order valence-corrected chi connectivity index (χ2v) is 7.43. The van der Waals surface area contributed by atoms with E-state index < -0.39 is 0 Å². The summed E-state index contributed by atoms with van der Waals surface area (Å²) in [5.74, 6) is 0.835. The quantitative estimate of drug-likeness (QED) is 0.679. The van der Waals surface area contributed by atoms with E-state index in [-0.39, 0.29) is 30.7 Å². The summed E-state index contributed by atoms with van der Waals surface area (Å²) in [4.78, 5) is 17.3. The first kappa shape index (κ1) is 18.2. The highest BCUT2D eigenvalue weighted by atomic mass is 32.1. The monoisotopic (exact) mass is 399 g/mol. The van der Waals surface area contributed by atoms with Crippen molar-refractivity contribution in [1.29, 1.82) is 0 Å². The van der Waals surface area contributed by atoms with Crippen LogP contribution in [0.25, 0.3) is 0 Å². The van der Waals surface area contributed by atoms with E-state index in [2.05, 4.69) is 10.3 Å². The molecule has 6 nitrogen and oxygen atoms in total. The molecule has 1 amide bonds. The van der Waals surface area contributed by atoms with Gasteiger partial charge in [0.25, 0.3) is 0 Å². The fourth-order valence-electron chi connectivity index (χ4n) is 3.29. The van der Waals surface area contributed by atoms with Crippen molar-refractivity contribution in [3.05, 3.63) is 64.3 Å². The van der Waals surface area contributed by atoms with E-state index in [0.717, 1.165) is 10.4 Å². The topological polar surface area (TPSA) is 86.5 Å². The van der Waals surface area contributed by atoms with Gasteiger partial charge in [0.1, 0.15) is 18.2 Å². The number of fused-ring (bicyclic) bond motifs is 1. The molecule has 1 aliphatic heterocycles. The molecule has 4 rings (SSSR count). The van der Waals surface area contributed by atoms with Crippen LogP contribution in [-0.2, 0) is 11.4 Å². The van der Waals surface area contributed by atoms with E-state index in [1.165, 1.54) is 23.5 Å². The molecule has 3 N–H and O–H groups in total. The van der Waals surface area contributed by atoms with Crippen LogP contribution in [0.3, 0.4) is 0 Å². The summed E-state index contributed by atoms with van der Waals surface area (Å²) >= 11 is 1.34. The van der Waals surface area contributed by atoms with E-state index in [4.69, 9.17) is 15.2 Å². The van der Waals surface area contributed by atoms with Gasteiger partial charge in [-0.2, -0.15) is 0 Å². The highest BCUT2D eigenvalue weighted by Crippen LogP contribution is 2.46. The second-order valence-electron chi connectivity index (χ2n) is 6.37. The summed E-state index contributed by atoms with van der Waals surface area (Å²) in [6.45, 7) is 0.168. The number of amides is 1. The van der Waals surface area contributed by atoms with Crippen LogP contribution in [0.2, 0.25) is 0 Å². The highest BCUT2D eigenvalue weighted by molar-refractivity contribution is 7.16. The molecule has 3 aromatic rings. The van der Waals surface area contributed by atoms with Gasteiger partial charge < -0.3 is 20.5 Å². The largest absolute Gasteiger partial charge is 0.493 e. The molecule has 28 heavy (non-hydrogen) atoms. The number of para-hydroxylation sites is 1. The molecule has 1 aliphatic rings. The number of halogens is 1. The van der Waals surface area contributed by atoms with Crippen LogP contribution in [0.5, 0.6) is 11.5 Å². The smallest absolute Gasteiger partial charge is 0.226 e. The molecule has 8 heteroatoms. The van der Waals surface area contributed by atoms with Crippen molar-refractivity contribution in [2.45, 2.75) is 18.9 Å². The Hall–Kier alpha value is -3.13. The standard InChI is InChI=1S/C20H18FN3O3S/c1-26-15-7-3-6-13(17(15)27-10-11-4-2-5-12(21)8-11)14-9-16(25)23-19-18(14)28-20(22)24-19/h2-8,14H,9-10H2,1H3,(H2,22,24)(H,23,25)/t14-/m0/s1. The number of benzene rings is 2. The van der Waals surface area contributed by atoms with E-state index >= 15 is 0 Å². The Bertz CT molecular complexity index is 1040. The predicted octanol–water partition coefficient (Wildman–Crippen LogP) is 3.93. The summed E-state index contributed by atoms with van der Waals surface area (Å²) in [5, 5.41) is 3.15. The third-order valence-corrected chi connectivity index (χ3v) is 5.51. The molecule has 0 radical (unpaired) electrons. The lowest BCUT2D eigenvalue weighted by Gasteiger charge is -2.24. The minimum Gasteiger partial charge on any atom is -0.493 e. The number of hydrogen-bond donors (Lipinski definition) is 2. The Morgan fingerprint density at radius 3 is 2.93 bits per heavy atom. The first-order valence-electron chi connectivity index (χ1n) is 8.65. The number of rotatable bonds is 5. The van der Waals surface area contributed by atoms with Crippen LogP contribution in [0.15, 0.2) is 42.5 Å². The lowest BCUT2D eigenvalue weighted by molar-refractivity contribution is -0.116. The third kappa shape index (κ3) is 3.50. The first-order chi connectivity index (χ1) is 13.5. The third-order valence-electron chi connectivity index (χ3n) is 4.51. The molecule has 1 aromatic heterocycles. The minimum absolute atomic E-state index is 0.137. The summed E-state index contributed by atoms with van der Waals surface area (Å²) in [6.07, 6.45) is 0.248. The Labute approximate surface area is 165 Å². The van der Waals surface area contributed by atoms with Gasteiger partial charge in [0, 0.05) is 17.9 Å². The number of methoxy groups -OCH3 is 1. The van der Waals surface area contributed by atoms with Crippen LogP contribution in [-0.4, -0.2) is 18.0 Å². The Morgan fingerprint density at radius 2 is 2.14 bits per heavy atom. The number of nitrogens with two attached hydrogens (primary N) is 1. The van der Waals surface area contributed by atoms with Crippen LogP contribution in [0, 0.1) is 5.82 Å². The summed E-state index contributed by atoms with van der Waals surface area (Å²) < 4.78 is 25.0. The van der Waals surface area contributed by atoms with Crippen LogP contribution >= 0.6 is 11.3 Å². The van der Waals surface area contributed by atoms with E-state index in [9.17, 15) is 9.18 Å². The first-order valence-corrected chi connectivity index (χ1v) is 9.47. The molecule has 0 aliphatic carbocycles. The molecular formula is C20H18FN3O3S. The van der Waals surface area contributed by atoms with Crippen molar-refractivity contribution < 1.29 is 18.7 Å². The second kappa shape index (κ2) is 7.47. The number of carbonyl (C=O) groups excluding carboxylic acids is 1. The molecule has 0 spiro atoms. The minimum atomic E-state index is -0.324. The number of carbonyl (C=O) groups is 1. The van der Waals surface area contributed by atoms with Gasteiger partial charge in [-0.1, -0.05) is 35.6 Å². The fourth-order valence-corrected chi connectivity index (χ4v) is 4.20. The molecule has 0 saturated heterocycles. The predicted molar refractivity (Wildman–Crippen MR) is 105 cm³/mol. The number of thiazole rings is 1. The summed E-state index contributed by atoms with van der Waals surface area (Å²) in [6, 6.07) is 11.8. The zero-order valence-electron chi connectivity index (χ0n) is 15.1. The van der Waals surface area contributed by atoms with E-state index in [1.807, 2.05) is 12.1 Å². The van der Waals surface area contributed by atoms with Crippen molar-refractivity contribution in [3.8, 4) is 11.5 Å². The zero-order chi connectivity index (χ0) is 19.7. The number of anilines is 2. The van der Waals surface area contributed by atoms with Gasteiger partial charge in [-0.25, -0.2) is 9.37 Å². The Balaban J connectivity index is 1.72. The maximum atomic E-state index is 13.5. The van der Waals surface area contributed by atoms with Crippen molar-refractivity contribution in [1.82, 2.24) is 4.98 Å². The number of nitrogens with one attached hydrogen (secondary N) is 1. The van der Waals surface area contributed by atoms with Crippen molar-refractivity contribution >= 4 is 28.2 Å². The summed E-state index contributed by atoms with van der Waals surface area (Å²) in [7, 11) is 1.55. The average molecular weight is 399 g/mol. The SMILES string of the molecule is COc1cccc([C@@H]2CC(=O)Nc3nc(N)sc32)c1OCc1cccc(F)c1. The lowest BCUT2D eigenvalue weighted by Crippen LogP contribution is -2.23. The highest BCUT2D eigenvalue weighted by Gasteiger charge is 2.32. The summed E-state index contributed by atoms with van der Waals surface area (Å²) in [5.41, 5.74) is 7.35. The lowest BCUT2D eigenvalue weighted by atomic mass is 9.90. The molecule has 1 atom stereocenters. The molecule has 0 fully saturated rings. The Kier molecular flexibility index (Phi) is 4.87. The van der Waals surface area contributed by atoms with Gasteiger partial charge in [-0.3, -0.25) is 4.79 Å². The molecule has 2 aromatic carbocycles. The van der Waals surface area contributed by atoms with Gasteiger partial charge in [0.05, 0.1) is 12.0 Å². The van der Waals surface area contributed by atoms with Gasteiger partial charge in [-0.05, 0) is 23.8 Å². The van der Waals surface area contributed by atoms with Crippen LogP contribution < -0.4 is 20.5 Å². The fraction of sp³-hybridized carbons (Fsp3) is 0.200.